The molecule has 166 valence electrons. The third-order valence-electron chi connectivity index (χ3n) is 5.27. The number of sulfonamides is 1. The molecule has 9 heteroatoms. The highest BCUT2D eigenvalue weighted by Gasteiger charge is 2.29. The lowest BCUT2D eigenvalue weighted by molar-refractivity contribution is -0.122. The third kappa shape index (κ3) is 4.53. The van der Waals surface area contributed by atoms with Crippen LogP contribution in [0.3, 0.4) is 0 Å². The largest absolute Gasteiger partial charge is 0.452 e. The van der Waals surface area contributed by atoms with Crippen molar-refractivity contribution in [2.24, 2.45) is 0 Å². The van der Waals surface area contributed by atoms with E-state index >= 15 is 0 Å². The van der Waals surface area contributed by atoms with Crippen molar-refractivity contribution in [2.45, 2.75) is 30.0 Å². The lowest BCUT2D eigenvalue weighted by atomic mass is 9.96. The minimum absolute atomic E-state index is 0.0130. The summed E-state index contributed by atoms with van der Waals surface area (Å²) < 4.78 is 32.9. The topological polar surface area (TPSA) is 92.8 Å². The molecule has 0 fully saturated rings. The maximum Gasteiger partial charge on any atom is 0.340 e. The lowest BCUT2D eigenvalue weighted by Gasteiger charge is -2.35. The first-order valence-corrected chi connectivity index (χ1v) is 12.5. The number of para-hydroxylation sites is 2. The van der Waals surface area contributed by atoms with Gasteiger partial charge >= 0.3 is 5.97 Å². The van der Waals surface area contributed by atoms with Crippen LogP contribution in [-0.4, -0.2) is 32.9 Å². The van der Waals surface area contributed by atoms with Crippen LogP contribution in [-0.2, 0) is 26.0 Å². The molecule has 1 amide bonds. The van der Waals surface area contributed by atoms with Crippen molar-refractivity contribution < 1.29 is 22.7 Å². The number of nitrogens with one attached hydrogen (secondary N) is 1. The van der Waals surface area contributed by atoms with E-state index in [4.69, 9.17) is 4.74 Å². The molecule has 1 unspecified atom stereocenters. The second-order valence-electron chi connectivity index (χ2n) is 7.44. The molecule has 0 aliphatic carbocycles. The average Bonchev–Trinajstić information content (AvgIpc) is 3.33. The number of aryl methyl sites for hydroxylation is 1. The number of hydrogen-bond acceptors (Lipinski definition) is 6. The number of fused-ring (bicyclic) bond motifs is 1. The fourth-order valence-corrected chi connectivity index (χ4v) is 5.78. The van der Waals surface area contributed by atoms with Crippen LogP contribution >= 0.6 is 11.3 Å². The van der Waals surface area contributed by atoms with Crippen molar-refractivity contribution in [3.05, 3.63) is 77.2 Å². The molecule has 3 aromatic rings. The van der Waals surface area contributed by atoms with E-state index in [1.165, 1.54) is 18.2 Å². The first-order chi connectivity index (χ1) is 15.4. The Hall–Kier alpha value is -3.17. The van der Waals surface area contributed by atoms with Gasteiger partial charge in [-0.2, -0.15) is 0 Å². The Labute approximate surface area is 190 Å². The molecule has 1 N–H and O–H groups in total. The molecule has 1 aliphatic rings. The molecule has 1 aromatic heterocycles. The molecule has 0 radical (unpaired) electrons. The number of thiophene rings is 1. The van der Waals surface area contributed by atoms with Gasteiger partial charge in [-0.1, -0.05) is 36.4 Å². The van der Waals surface area contributed by atoms with Crippen molar-refractivity contribution in [1.29, 1.82) is 0 Å². The smallest absolute Gasteiger partial charge is 0.340 e. The second kappa shape index (κ2) is 9.13. The van der Waals surface area contributed by atoms with Crippen molar-refractivity contribution in [3.8, 4) is 0 Å². The molecule has 1 atom stereocenters. The number of anilines is 2. The van der Waals surface area contributed by atoms with Crippen LogP contribution in [0.25, 0.3) is 0 Å². The van der Waals surface area contributed by atoms with E-state index in [2.05, 4.69) is 4.72 Å². The number of hydrogen-bond donors (Lipinski definition) is 1. The number of carbonyl (C=O) groups excluding carboxylic acids is 2. The SMILES string of the molecule is CC1CCc2ccccc2N1C(=O)COC(=O)c1ccccc1NS(=O)(=O)c1cccs1. The second-order valence-corrected chi connectivity index (χ2v) is 10.3. The van der Waals surface area contributed by atoms with Crippen LogP contribution < -0.4 is 9.62 Å². The molecule has 2 aromatic carbocycles. The molecular formula is C23H22N2O5S2. The summed E-state index contributed by atoms with van der Waals surface area (Å²) in [5, 5.41) is 1.65. The summed E-state index contributed by atoms with van der Waals surface area (Å²) in [6.45, 7) is 1.52. The number of amides is 1. The maximum absolute atomic E-state index is 12.9. The van der Waals surface area contributed by atoms with E-state index in [1.807, 2.05) is 31.2 Å². The number of esters is 1. The molecule has 32 heavy (non-hydrogen) atoms. The van der Waals surface area contributed by atoms with Gasteiger partial charge in [-0.05, 0) is 55.0 Å². The standard InChI is InChI=1S/C23H22N2O5S2/c1-16-12-13-17-7-2-5-10-20(17)25(16)21(26)15-30-23(27)18-8-3-4-9-19(18)24-32(28,29)22-11-6-14-31-22/h2-11,14,16,24H,12-13,15H2,1H3. The monoisotopic (exact) mass is 470 g/mol. The van der Waals surface area contributed by atoms with Gasteiger partial charge in [-0.25, -0.2) is 13.2 Å². The highest BCUT2D eigenvalue weighted by atomic mass is 32.2. The summed E-state index contributed by atoms with van der Waals surface area (Å²) in [4.78, 5) is 27.3. The molecule has 4 rings (SSSR count). The van der Waals surface area contributed by atoms with Gasteiger partial charge < -0.3 is 9.64 Å². The van der Waals surface area contributed by atoms with Gasteiger partial charge in [0, 0.05) is 11.7 Å². The Morgan fingerprint density at radius 1 is 1.09 bits per heavy atom. The summed E-state index contributed by atoms with van der Waals surface area (Å²) in [6.07, 6.45) is 1.71. The molecular weight excluding hydrogens is 448 g/mol. The highest BCUT2D eigenvalue weighted by molar-refractivity contribution is 7.94. The number of carbonyl (C=O) groups is 2. The Bertz CT molecular complexity index is 1240. The minimum Gasteiger partial charge on any atom is -0.452 e. The van der Waals surface area contributed by atoms with Gasteiger partial charge in [0.1, 0.15) is 4.21 Å². The molecule has 7 nitrogen and oxygen atoms in total. The Morgan fingerprint density at radius 3 is 2.62 bits per heavy atom. The number of benzene rings is 2. The fourth-order valence-electron chi connectivity index (χ4n) is 3.70. The van der Waals surface area contributed by atoms with E-state index in [0.717, 1.165) is 35.4 Å². The first kappa shape index (κ1) is 22.0. The van der Waals surface area contributed by atoms with E-state index < -0.39 is 22.6 Å². The quantitative estimate of drug-likeness (QED) is 0.548. The van der Waals surface area contributed by atoms with Crippen molar-refractivity contribution in [1.82, 2.24) is 0 Å². The fraction of sp³-hybridized carbons (Fsp3) is 0.217. The Balaban J connectivity index is 1.48. The Morgan fingerprint density at radius 2 is 1.84 bits per heavy atom. The van der Waals surface area contributed by atoms with Crippen molar-refractivity contribution in [2.75, 3.05) is 16.2 Å². The zero-order chi connectivity index (χ0) is 22.7. The van der Waals surface area contributed by atoms with Crippen molar-refractivity contribution >= 4 is 44.6 Å². The first-order valence-electron chi connectivity index (χ1n) is 10.1. The van der Waals surface area contributed by atoms with E-state index in [-0.39, 0.29) is 27.4 Å². The van der Waals surface area contributed by atoms with Gasteiger partial charge in [-0.3, -0.25) is 9.52 Å². The van der Waals surface area contributed by atoms with Crippen LogP contribution in [0.4, 0.5) is 11.4 Å². The number of rotatable bonds is 6. The van der Waals surface area contributed by atoms with Gasteiger partial charge in [0.15, 0.2) is 6.61 Å². The van der Waals surface area contributed by atoms with E-state index in [0.29, 0.717) is 0 Å². The zero-order valence-electron chi connectivity index (χ0n) is 17.4. The molecule has 0 spiro atoms. The lowest BCUT2D eigenvalue weighted by Crippen LogP contribution is -2.44. The summed E-state index contributed by atoms with van der Waals surface area (Å²) in [7, 11) is -3.83. The normalized spacial score (nSPS) is 15.7. The van der Waals surface area contributed by atoms with Gasteiger partial charge in [0.25, 0.3) is 15.9 Å². The summed E-state index contributed by atoms with van der Waals surface area (Å²) in [5.41, 5.74) is 2.04. The average molecular weight is 471 g/mol. The van der Waals surface area contributed by atoms with E-state index in [1.54, 1.807) is 28.5 Å². The third-order valence-corrected chi connectivity index (χ3v) is 8.03. The van der Waals surface area contributed by atoms with Crippen LogP contribution in [0.2, 0.25) is 0 Å². The minimum atomic E-state index is -3.83. The molecule has 1 aliphatic heterocycles. The molecule has 0 saturated carbocycles. The van der Waals surface area contributed by atoms with Gasteiger partial charge in [0.2, 0.25) is 0 Å². The Kier molecular flexibility index (Phi) is 6.29. The number of nitrogens with zero attached hydrogens (tertiary/aromatic N) is 1. The van der Waals surface area contributed by atoms with Crippen LogP contribution in [0, 0.1) is 0 Å². The summed E-state index contributed by atoms with van der Waals surface area (Å²) in [6, 6.07) is 16.9. The zero-order valence-corrected chi connectivity index (χ0v) is 19.0. The van der Waals surface area contributed by atoms with Crippen LogP contribution in [0.15, 0.2) is 70.3 Å². The van der Waals surface area contributed by atoms with E-state index in [9.17, 15) is 18.0 Å². The molecule has 0 bridgehead atoms. The van der Waals surface area contributed by atoms with Crippen LogP contribution in [0.5, 0.6) is 0 Å². The van der Waals surface area contributed by atoms with Crippen molar-refractivity contribution in [3.63, 3.8) is 0 Å². The maximum atomic E-state index is 12.9. The molecule has 2 heterocycles. The predicted octanol–water partition coefficient (Wildman–Crippen LogP) is 4.07. The number of ether oxygens (including phenoxy) is 1. The predicted molar refractivity (Wildman–Crippen MR) is 124 cm³/mol. The summed E-state index contributed by atoms with van der Waals surface area (Å²) in [5.74, 6) is -1.10. The van der Waals surface area contributed by atoms with Crippen LogP contribution in [0.1, 0.15) is 29.3 Å². The van der Waals surface area contributed by atoms with Gasteiger partial charge in [-0.15, -0.1) is 11.3 Å². The van der Waals surface area contributed by atoms with Gasteiger partial charge in [0.05, 0.1) is 11.3 Å². The molecule has 0 saturated heterocycles. The highest BCUT2D eigenvalue weighted by Crippen LogP contribution is 2.30. The summed E-state index contributed by atoms with van der Waals surface area (Å²) >= 11 is 1.07.